The maximum absolute atomic E-state index is 14.5. The molecule has 154 valence electrons. The highest BCUT2D eigenvalue weighted by atomic mass is 19.1. The highest BCUT2D eigenvalue weighted by molar-refractivity contribution is 6.06. The number of ether oxygens (including phenoxy) is 1. The number of carbonyl (C=O) groups is 1. The van der Waals surface area contributed by atoms with Crippen LogP contribution in [0.1, 0.15) is 23.2 Å². The summed E-state index contributed by atoms with van der Waals surface area (Å²) in [6, 6.07) is 8.75. The number of nitro groups is 1. The number of benzene rings is 2. The lowest BCUT2D eigenvalue weighted by molar-refractivity contribution is -0.384. The molecule has 0 bridgehead atoms. The topological polar surface area (TPSA) is 96.7 Å². The Morgan fingerprint density at radius 3 is 2.72 bits per heavy atom. The number of nitrogens with zero attached hydrogens (tertiary/aromatic N) is 2. The van der Waals surface area contributed by atoms with Crippen LogP contribution < -0.4 is 15.5 Å². The molecule has 2 N–H and O–H groups in total. The quantitative estimate of drug-likeness (QED) is 0.398. The van der Waals surface area contributed by atoms with Gasteiger partial charge in [-0.1, -0.05) is 6.07 Å². The van der Waals surface area contributed by atoms with Gasteiger partial charge in [-0.25, -0.2) is 4.39 Å². The molecular weight excluding hydrogens is 379 g/mol. The Labute approximate surface area is 167 Å². The molecule has 1 aliphatic heterocycles. The number of hydrogen-bond acceptors (Lipinski definition) is 6. The van der Waals surface area contributed by atoms with Crippen LogP contribution in [0, 0.1) is 15.9 Å². The number of para-hydroxylation sites is 1. The third-order valence-corrected chi connectivity index (χ3v) is 4.76. The number of carbonyl (C=O) groups excluding carboxylic acids is 1. The average molecular weight is 402 g/mol. The number of hydrogen-bond donors (Lipinski definition) is 2. The fraction of sp³-hybridized carbons (Fsp3) is 0.350. The second-order valence-electron chi connectivity index (χ2n) is 6.69. The summed E-state index contributed by atoms with van der Waals surface area (Å²) < 4.78 is 19.4. The van der Waals surface area contributed by atoms with Crippen LogP contribution in [-0.2, 0) is 4.74 Å². The summed E-state index contributed by atoms with van der Waals surface area (Å²) >= 11 is 0. The Hall–Kier alpha value is -3.20. The maximum Gasteiger partial charge on any atom is 0.293 e. The molecule has 0 atom stereocenters. The van der Waals surface area contributed by atoms with Crippen molar-refractivity contribution in [1.29, 1.82) is 0 Å². The molecule has 3 rings (SSSR count). The minimum absolute atomic E-state index is 0.0737. The minimum Gasteiger partial charge on any atom is -0.383 e. The van der Waals surface area contributed by atoms with E-state index in [0.717, 1.165) is 25.9 Å². The van der Waals surface area contributed by atoms with Gasteiger partial charge in [0.25, 0.3) is 11.6 Å². The van der Waals surface area contributed by atoms with Crippen molar-refractivity contribution in [1.82, 2.24) is 0 Å². The number of anilines is 3. The van der Waals surface area contributed by atoms with E-state index in [4.69, 9.17) is 4.74 Å². The zero-order valence-electron chi connectivity index (χ0n) is 16.1. The molecule has 0 spiro atoms. The Balaban J connectivity index is 1.84. The molecule has 2 aromatic rings. The van der Waals surface area contributed by atoms with Gasteiger partial charge in [-0.05, 0) is 37.1 Å². The molecule has 29 heavy (non-hydrogen) atoms. The van der Waals surface area contributed by atoms with Crippen molar-refractivity contribution in [3.63, 3.8) is 0 Å². The molecule has 1 saturated heterocycles. The fourth-order valence-electron chi connectivity index (χ4n) is 3.30. The summed E-state index contributed by atoms with van der Waals surface area (Å²) in [7, 11) is 1.53. The first-order valence-electron chi connectivity index (χ1n) is 9.37. The summed E-state index contributed by atoms with van der Waals surface area (Å²) in [5.41, 5.74) is 0.825. The molecule has 2 aromatic carbocycles. The molecule has 1 amide bonds. The first kappa shape index (κ1) is 20.5. The standard InChI is InChI=1S/C20H23FN4O4/c1-29-12-9-22-16-8-7-14(13-18(16)25(27)28)20(26)23-19-15(21)5-4-6-17(19)24-10-2-3-11-24/h4-8,13,22H,2-3,9-12H2,1H3,(H,23,26). The number of nitrogens with one attached hydrogen (secondary N) is 2. The molecule has 0 unspecified atom stereocenters. The smallest absolute Gasteiger partial charge is 0.293 e. The lowest BCUT2D eigenvalue weighted by Crippen LogP contribution is -2.22. The van der Waals surface area contributed by atoms with Crippen molar-refractivity contribution in [3.05, 3.63) is 57.9 Å². The first-order chi connectivity index (χ1) is 14.0. The molecule has 9 heteroatoms. The molecular formula is C20H23FN4O4. The number of nitro benzene ring substituents is 1. The largest absolute Gasteiger partial charge is 0.383 e. The van der Waals surface area contributed by atoms with Crippen molar-refractivity contribution >= 4 is 28.7 Å². The Kier molecular flexibility index (Phi) is 6.61. The van der Waals surface area contributed by atoms with E-state index >= 15 is 0 Å². The van der Waals surface area contributed by atoms with E-state index < -0.39 is 16.6 Å². The van der Waals surface area contributed by atoms with Gasteiger partial charge >= 0.3 is 0 Å². The van der Waals surface area contributed by atoms with Crippen LogP contribution in [0.2, 0.25) is 0 Å². The summed E-state index contributed by atoms with van der Waals surface area (Å²) in [5.74, 6) is -1.16. The third kappa shape index (κ3) is 4.80. The van der Waals surface area contributed by atoms with Gasteiger partial charge in [-0.15, -0.1) is 0 Å². The monoisotopic (exact) mass is 402 g/mol. The zero-order chi connectivity index (χ0) is 20.8. The molecule has 0 saturated carbocycles. The summed E-state index contributed by atoms with van der Waals surface area (Å²) in [6.07, 6.45) is 2.02. The van der Waals surface area contributed by atoms with Crippen LogP contribution in [0.15, 0.2) is 36.4 Å². The number of rotatable bonds is 8. The zero-order valence-corrected chi connectivity index (χ0v) is 16.1. The van der Waals surface area contributed by atoms with E-state index in [2.05, 4.69) is 10.6 Å². The first-order valence-corrected chi connectivity index (χ1v) is 9.37. The van der Waals surface area contributed by atoms with E-state index in [1.54, 1.807) is 12.1 Å². The lowest BCUT2D eigenvalue weighted by atomic mass is 10.1. The van der Waals surface area contributed by atoms with Crippen molar-refractivity contribution in [2.24, 2.45) is 0 Å². The van der Waals surface area contributed by atoms with Gasteiger partial charge in [0, 0.05) is 38.4 Å². The van der Waals surface area contributed by atoms with Crippen LogP contribution >= 0.6 is 0 Å². The van der Waals surface area contributed by atoms with Crippen LogP contribution in [0.3, 0.4) is 0 Å². The average Bonchev–Trinajstić information content (AvgIpc) is 3.24. The van der Waals surface area contributed by atoms with Crippen molar-refractivity contribution < 1.29 is 18.8 Å². The maximum atomic E-state index is 14.5. The third-order valence-electron chi connectivity index (χ3n) is 4.76. The highest BCUT2D eigenvalue weighted by Crippen LogP contribution is 2.32. The second kappa shape index (κ2) is 9.33. The Morgan fingerprint density at radius 2 is 2.03 bits per heavy atom. The highest BCUT2D eigenvalue weighted by Gasteiger charge is 2.22. The SMILES string of the molecule is COCCNc1ccc(C(=O)Nc2c(F)cccc2N2CCCC2)cc1[N+](=O)[O-]. The predicted octanol–water partition coefficient (Wildman–Crippen LogP) is 3.64. The van der Waals surface area contributed by atoms with Gasteiger partial charge in [0.15, 0.2) is 0 Å². The van der Waals surface area contributed by atoms with Crippen LogP contribution in [0.25, 0.3) is 0 Å². The van der Waals surface area contributed by atoms with Crippen LogP contribution in [-0.4, -0.2) is 44.2 Å². The molecule has 1 heterocycles. The summed E-state index contributed by atoms with van der Waals surface area (Å²) in [6.45, 7) is 2.35. The van der Waals surface area contributed by atoms with Gasteiger partial charge in [-0.3, -0.25) is 14.9 Å². The molecule has 8 nitrogen and oxygen atoms in total. The van der Waals surface area contributed by atoms with Crippen LogP contribution in [0.4, 0.5) is 27.1 Å². The molecule has 0 aliphatic carbocycles. The van der Waals surface area contributed by atoms with E-state index in [0.29, 0.717) is 18.8 Å². The van der Waals surface area contributed by atoms with Crippen LogP contribution in [0.5, 0.6) is 0 Å². The Morgan fingerprint density at radius 1 is 1.28 bits per heavy atom. The summed E-state index contributed by atoms with van der Waals surface area (Å²) in [4.78, 5) is 25.6. The van der Waals surface area contributed by atoms with Gasteiger partial charge in [0.2, 0.25) is 0 Å². The van der Waals surface area contributed by atoms with Gasteiger partial charge in [0.1, 0.15) is 17.2 Å². The second-order valence-corrected chi connectivity index (χ2v) is 6.69. The van der Waals surface area contributed by atoms with E-state index in [9.17, 15) is 19.3 Å². The van der Waals surface area contributed by atoms with Crippen molar-refractivity contribution in [2.75, 3.05) is 48.9 Å². The molecule has 1 fully saturated rings. The molecule has 0 radical (unpaired) electrons. The van der Waals surface area contributed by atoms with Gasteiger partial charge in [0.05, 0.1) is 17.2 Å². The van der Waals surface area contributed by atoms with E-state index in [1.807, 2.05) is 4.90 Å². The van der Waals surface area contributed by atoms with Crippen molar-refractivity contribution in [2.45, 2.75) is 12.8 Å². The van der Waals surface area contributed by atoms with E-state index in [-0.39, 0.29) is 22.6 Å². The summed E-state index contributed by atoms with van der Waals surface area (Å²) in [5, 5.41) is 16.9. The van der Waals surface area contributed by atoms with E-state index in [1.165, 1.54) is 31.4 Å². The molecule has 0 aromatic heterocycles. The van der Waals surface area contributed by atoms with Gasteiger partial charge < -0.3 is 20.3 Å². The number of amides is 1. The molecule has 1 aliphatic rings. The fourth-order valence-corrected chi connectivity index (χ4v) is 3.30. The normalized spacial score (nSPS) is 13.4. The van der Waals surface area contributed by atoms with Gasteiger partial charge in [-0.2, -0.15) is 0 Å². The Bertz CT molecular complexity index is 900. The number of halogens is 1. The lowest BCUT2D eigenvalue weighted by Gasteiger charge is -2.22. The minimum atomic E-state index is -0.609. The van der Waals surface area contributed by atoms with Crippen molar-refractivity contribution in [3.8, 4) is 0 Å². The predicted molar refractivity (Wildman–Crippen MR) is 109 cm³/mol. The number of methoxy groups -OCH3 is 1.